The maximum absolute atomic E-state index is 12.3. The van der Waals surface area contributed by atoms with E-state index in [0.717, 1.165) is 19.3 Å². The van der Waals surface area contributed by atoms with Crippen molar-refractivity contribution in [3.05, 3.63) is 17.3 Å². The Balaban J connectivity index is 1.80. The van der Waals surface area contributed by atoms with Crippen molar-refractivity contribution in [3.8, 4) is 0 Å². The van der Waals surface area contributed by atoms with Crippen molar-refractivity contribution in [2.24, 2.45) is 0 Å². The molecule has 1 aromatic heterocycles. The van der Waals surface area contributed by atoms with Crippen LogP contribution in [0.15, 0.2) is 12.1 Å². The molecule has 1 atom stereocenters. The van der Waals surface area contributed by atoms with Gasteiger partial charge in [-0.3, -0.25) is 10.9 Å². The summed E-state index contributed by atoms with van der Waals surface area (Å²) in [5, 5.41) is 10.4. The number of hydrazine groups is 1. The van der Waals surface area contributed by atoms with Crippen molar-refractivity contribution in [2.45, 2.75) is 51.7 Å². The average molecular weight is 385 g/mol. The lowest BCUT2D eigenvalue weighted by Crippen LogP contribution is -2.52. The number of nitrogens with one attached hydrogen (secondary N) is 3. The number of urea groups is 1. The van der Waals surface area contributed by atoms with Crippen molar-refractivity contribution in [3.63, 3.8) is 0 Å². The molecule has 3 amide bonds. The summed E-state index contributed by atoms with van der Waals surface area (Å²) < 4.78 is 5.45. The van der Waals surface area contributed by atoms with E-state index in [1.807, 2.05) is 20.8 Å². The van der Waals surface area contributed by atoms with Gasteiger partial charge in [0.15, 0.2) is 11.0 Å². The maximum atomic E-state index is 12.3. The van der Waals surface area contributed by atoms with Gasteiger partial charge in [-0.25, -0.2) is 9.59 Å². The number of hydrogen-bond donors (Lipinski definition) is 3. The number of hydrogen-bond acceptors (Lipinski definition) is 6. The molecular weight excluding hydrogens is 360 g/mol. The number of anilines is 1. The van der Waals surface area contributed by atoms with Gasteiger partial charge in [-0.05, 0) is 52.2 Å². The van der Waals surface area contributed by atoms with Gasteiger partial charge in [0.05, 0.1) is 6.04 Å². The summed E-state index contributed by atoms with van der Waals surface area (Å²) in [7, 11) is 0. The third kappa shape index (κ3) is 6.55. The molecule has 2 heterocycles. The molecule has 3 N–H and O–H groups in total. The van der Waals surface area contributed by atoms with Crippen LogP contribution in [0.3, 0.4) is 0 Å². The smallest absolute Gasteiger partial charge is 0.410 e. The SMILES string of the molecule is CC(C)(C)OC(=O)N1CCCCC1CNC(=O)NNc1ccc(Cl)nn1. The average Bonchev–Trinajstić information content (AvgIpc) is 2.58. The van der Waals surface area contributed by atoms with E-state index >= 15 is 0 Å². The zero-order valence-corrected chi connectivity index (χ0v) is 16.0. The van der Waals surface area contributed by atoms with Crippen LogP contribution in [-0.4, -0.2) is 52.0 Å². The molecule has 1 aromatic rings. The lowest BCUT2D eigenvalue weighted by atomic mass is 10.0. The fourth-order valence-electron chi connectivity index (χ4n) is 2.53. The summed E-state index contributed by atoms with van der Waals surface area (Å²) in [6.07, 6.45) is 2.40. The standard InChI is InChI=1S/C16H25ClN6O3/c1-16(2,3)26-15(25)23-9-5-4-6-11(23)10-18-14(24)22-21-13-8-7-12(17)19-20-13/h7-8,11H,4-6,9-10H2,1-3H3,(H,20,21)(H2,18,22,24). The Labute approximate surface area is 157 Å². The minimum Gasteiger partial charge on any atom is -0.444 e. The first-order valence-corrected chi connectivity index (χ1v) is 8.91. The normalized spacial score (nSPS) is 17.4. The lowest BCUT2D eigenvalue weighted by molar-refractivity contribution is 0.0102. The Morgan fingerprint density at radius 3 is 2.73 bits per heavy atom. The molecule has 0 aliphatic carbocycles. The topological polar surface area (TPSA) is 108 Å². The van der Waals surface area contributed by atoms with Gasteiger partial charge in [0.25, 0.3) is 0 Å². The summed E-state index contributed by atoms with van der Waals surface area (Å²) in [5.74, 6) is 0.359. The van der Waals surface area contributed by atoms with E-state index in [1.165, 1.54) is 0 Å². The third-order valence-corrected chi connectivity index (χ3v) is 3.89. The van der Waals surface area contributed by atoms with E-state index in [2.05, 4.69) is 26.4 Å². The van der Waals surface area contributed by atoms with Crippen molar-refractivity contribution < 1.29 is 14.3 Å². The van der Waals surface area contributed by atoms with Gasteiger partial charge in [-0.15, -0.1) is 10.2 Å². The number of likely N-dealkylation sites (tertiary alicyclic amines) is 1. The minimum atomic E-state index is -0.548. The molecule has 1 saturated heterocycles. The number of carbonyl (C=O) groups is 2. The number of rotatable bonds is 4. The highest BCUT2D eigenvalue weighted by molar-refractivity contribution is 6.29. The van der Waals surface area contributed by atoms with E-state index in [1.54, 1.807) is 17.0 Å². The quantitative estimate of drug-likeness (QED) is 0.688. The lowest BCUT2D eigenvalue weighted by Gasteiger charge is -2.36. The van der Waals surface area contributed by atoms with Crippen molar-refractivity contribution >= 4 is 29.5 Å². The second kappa shape index (κ2) is 8.88. The minimum absolute atomic E-state index is 0.0975. The van der Waals surface area contributed by atoms with Crippen molar-refractivity contribution in [2.75, 3.05) is 18.5 Å². The molecule has 1 aliphatic heterocycles. The second-order valence-corrected chi connectivity index (χ2v) is 7.41. The van der Waals surface area contributed by atoms with Crippen LogP contribution >= 0.6 is 11.6 Å². The molecule has 1 fully saturated rings. The fraction of sp³-hybridized carbons (Fsp3) is 0.625. The largest absolute Gasteiger partial charge is 0.444 e. The molecule has 0 aromatic carbocycles. The zero-order chi connectivity index (χ0) is 19.2. The number of piperidine rings is 1. The highest BCUT2D eigenvalue weighted by Gasteiger charge is 2.30. The molecule has 10 heteroatoms. The summed E-state index contributed by atoms with van der Waals surface area (Å²) in [6, 6.07) is 2.61. The van der Waals surface area contributed by atoms with Crippen molar-refractivity contribution in [1.82, 2.24) is 25.8 Å². The molecular formula is C16H25ClN6O3. The molecule has 0 radical (unpaired) electrons. The predicted octanol–water partition coefficient (Wildman–Crippen LogP) is 2.55. The molecule has 0 bridgehead atoms. The van der Waals surface area contributed by atoms with Gasteiger partial charge >= 0.3 is 12.1 Å². The van der Waals surface area contributed by atoms with E-state index < -0.39 is 11.6 Å². The van der Waals surface area contributed by atoms with Crippen LogP contribution in [0.2, 0.25) is 5.15 Å². The van der Waals surface area contributed by atoms with Crippen LogP contribution < -0.4 is 16.2 Å². The molecule has 1 unspecified atom stereocenters. The molecule has 144 valence electrons. The Morgan fingerprint density at radius 1 is 1.31 bits per heavy atom. The Bertz CT molecular complexity index is 619. The zero-order valence-electron chi connectivity index (χ0n) is 15.2. The monoisotopic (exact) mass is 384 g/mol. The van der Waals surface area contributed by atoms with Crippen molar-refractivity contribution in [1.29, 1.82) is 0 Å². The van der Waals surface area contributed by atoms with Gasteiger partial charge < -0.3 is 15.0 Å². The number of amides is 3. The van der Waals surface area contributed by atoms with Gasteiger partial charge in [-0.1, -0.05) is 11.6 Å². The summed E-state index contributed by atoms with van der Waals surface area (Å²) in [6.45, 7) is 6.46. The number of carbonyl (C=O) groups excluding carboxylic acids is 2. The van der Waals surface area contributed by atoms with E-state index in [0.29, 0.717) is 18.9 Å². The fourth-order valence-corrected chi connectivity index (χ4v) is 2.63. The third-order valence-electron chi connectivity index (χ3n) is 3.69. The van der Waals surface area contributed by atoms with Gasteiger partial charge in [-0.2, -0.15) is 0 Å². The highest BCUT2D eigenvalue weighted by atomic mass is 35.5. The first-order valence-electron chi connectivity index (χ1n) is 8.53. The Morgan fingerprint density at radius 2 is 2.08 bits per heavy atom. The van der Waals surface area contributed by atoms with E-state index in [9.17, 15) is 9.59 Å². The summed E-state index contributed by atoms with van der Waals surface area (Å²) in [5.41, 5.74) is 4.54. The van der Waals surface area contributed by atoms with Crippen LogP contribution in [0.1, 0.15) is 40.0 Å². The predicted molar refractivity (Wildman–Crippen MR) is 97.8 cm³/mol. The second-order valence-electron chi connectivity index (χ2n) is 7.02. The maximum Gasteiger partial charge on any atom is 0.410 e. The molecule has 1 aliphatic rings. The number of halogens is 1. The first kappa shape index (κ1) is 20.0. The summed E-state index contributed by atoms with van der Waals surface area (Å²) >= 11 is 5.65. The number of nitrogens with zero attached hydrogens (tertiary/aromatic N) is 3. The molecule has 2 rings (SSSR count). The van der Waals surface area contributed by atoms with Crippen LogP contribution in [0.4, 0.5) is 15.4 Å². The number of ether oxygens (including phenoxy) is 1. The van der Waals surface area contributed by atoms with Gasteiger partial charge in [0, 0.05) is 13.1 Å². The van der Waals surface area contributed by atoms with Crippen LogP contribution in [0, 0.1) is 0 Å². The highest BCUT2D eigenvalue weighted by Crippen LogP contribution is 2.20. The molecule has 26 heavy (non-hydrogen) atoms. The van der Waals surface area contributed by atoms with Gasteiger partial charge in [0.2, 0.25) is 0 Å². The number of aromatic nitrogens is 2. The molecule has 9 nitrogen and oxygen atoms in total. The summed E-state index contributed by atoms with van der Waals surface area (Å²) in [4.78, 5) is 26.0. The van der Waals surface area contributed by atoms with Crippen LogP contribution in [0.25, 0.3) is 0 Å². The van der Waals surface area contributed by atoms with Crippen LogP contribution in [0.5, 0.6) is 0 Å². The first-order chi connectivity index (χ1) is 12.2. The van der Waals surface area contributed by atoms with E-state index in [4.69, 9.17) is 16.3 Å². The van der Waals surface area contributed by atoms with E-state index in [-0.39, 0.29) is 17.3 Å². The Kier molecular flexibility index (Phi) is 6.84. The molecule has 0 saturated carbocycles. The Hall–Kier alpha value is -2.29. The molecule has 0 spiro atoms. The van der Waals surface area contributed by atoms with Gasteiger partial charge in [0.1, 0.15) is 5.60 Å². The van der Waals surface area contributed by atoms with Crippen LogP contribution in [-0.2, 0) is 4.74 Å².